The third-order valence-corrected chi connectivity index (χ3v) is 6.16. The monoisotopic (exact) mass is 449 g/mol. The van der Waals surface area contributed by atoms with Crippen molar-refractivity contribution in [1.82, 2.24) is 4.90 Å². The van der Waals surface area contributed by atoms with Crippen molar-refractivity contribution in [3.63, 3.8) is 0 Å². The van der Waals surface area contributed by atoms with Crippen LogP contribution in [0.25, 0.3) is 5.57 Å². The van der Waals surface area contributed by atoms with Gasteiger partial charge in [0.1, 0.15) is 5.70 Å². The Hall–Kier alpha value is -3.48. The summed E-state index contributed by atoms with van der Waals surface area (Å²) >= 11 is 0. The molecule has 2 amide bonds. The van der Waals surface area contributed by atoms with E-state index in [9.17, 15) is 9.59 Å². The van der Waals surface area contributed by atoms with Crippen LogP contribution in [-0.2, 0) is 9.59 Å². The summed E-state index contributed by atoms with van der Waals surface area (Å²) in [4.78, 5) is 30.2. The number of nitrogens with one attached hydrogen (secondary N) is 1. The van der Waals surface area contributed by atoms with Crippen LogP contribution in [0.1, 0.15) is 38.7 Å². The number of benzene rings is 2. The predicted molar refractivity (Wildman–Crippen MR) is 130 cm³/mol. The molecule has 1 N–H and O–H groups in total. The maximum absolute atomic E-state index is 13.3. The van der Waals surface area contributed by atoms with Crippen LogP contribution in [0.2, 0.25) is 0 Å². The number of anilines is 2. The molecule has 0 atom stereocenters. The Bertz CT molecular complexity index is 1070. The third-order valence-electron chi connectivity index (χ3n) is 6.16. The number of carbonyl (C=O) groups is 2. The van der Waals surface area contributed by atoms with Crippen molar-refractivity contribution in [2.45, 2.75) is 39.2 Å². The highest BCUT2D eigenvalue weighted by Crippen LogP contribution is 2.36. The zero-order valence-corrected chi connectivity index (χ0v) is 19.7. The van der Waals surface area contributed by atoms with E-state index < -0.39 is 0 Å². The van der Waals surface area contributed by atoms with Crippen LogP contribution < -0.4 is 19.7 Å². The molecular formula is C26H31N3O4. The minimum Gasteiger partial charge on any atom is -0.493 e. The summed E-state index contributed by atoms with van der Waals surface area (Å²) in [6.07, 6.45) is 3.71. The number of imide groups is 1. The molecule has 1 fully saturated rings. The van der Waals surface area contributed by atoms with Gasteiger partial charge >= 0.3 is 0 Å². The van der Waals surface area contributed by atoms with Gasteiger partial charge in [-0.3, -0.25) is 14.5 Å². The molecule has 0 aromatic heterocycles. The second-order valence-electron chi connectivity index (χ2n) is 8.61. The molecule has 7 heteroatoms. The SMILES string of the molecule is COc1ccc(C2=C(Nc3ccc(N4CCCCC4)cc3)C(=O)N(C(C)C)C2=O)cc1OC. The fourth-order valence-electron chi connectivity index (χ4n) is 4.44. The number of methoxy groups -OCH3 is 2. The summed E-state index contributed by atoms with van der Waals surface area (Å²) in [6.45, 7) is 5.80. The van der Waals surface area contributed by atoms with Gasteiger partial charge in [-0.15, -0.1) is 0 Å². The molecular weight excluding hydrogens is 418 g/mol. The van der Waals surface area contributed by atoms with Crippen molar-refractivity contribution in [2.75, 3.05) is 37.5 Å². The zero-order valence-electron chi connectivity index (χ0n) is 19.7. The third kappa shape index (κ3) is 4.40. The molecule has 2 heterocycles. The Kier molecular flexibility index (Phi) is 6.58. The highest BCUT2D eigenvalue weighted by molar-refractivity contribution is 6.36. The zero-order chi connectivity index (χ0) is 23.5. The number of hydrogen-bond acceptors (Lipinski definition) is 6. The van der Waals surface area contributed by atoms with E-state index in [0.717, 1.165) is 18.8 Å². The Labute approximate surface area is 195 Å². The van der Waals surface area contributed by atoms with Crippen LogP contribution in [0, 0.1) is 0 Å². The molecule has 0 saturated carbocycles. The van der Waals surface area contributed by atoms with E-state index in [-0.39, 0.29) is 23.6 Å². The average molecular weight is 450 g/mol. The molecule has 0 bridgehead atoms. The van der Waals surface area contributed by atoms with E-state index in [1.165, 1.54) is 29.8 Å². The molecule has 2 aromatic carbocycles. The number of carbonyl (C=O) groups excluding carboxylic acids is 2. The molecule has 4 rings (SSSR count). The van der Waals surface area contributed by atoms with E-state index in [0.29, 0.717) is 22.6 Å². The molecule has 2 aliphatic rings. The van der Waals surface area contributed by atoms with Crippen molar-refractivity contribution in [3.8, 4) is 11.5 Å². The lowest BCUT2D eigenvalue weighted by molar-refractivity contribution is -0.138. The van der Waals surface area contributed by atoms with Gasteiger partial charge in [0.05, 0.1) is 19.8 Å². The van der Waals surface area contributed by atoms with Crippen molar-refractivity contribution in [3.05, 3.63) is 53.7 Å². The van der Waals surface area contributed by atoms with Gasteiger partial charge in [0.25, 0.3) is 11.8 Å². The first kappa shape index (κ1) is 22.7. The highest BCUT2D eigenvalue weighted by Gasteiger charge is 2.40. The fourth-order valence-corrected chi connectivity index (χ4v) is 4.44. The first-order valence-corrected chi connectivity index (χ1v) is 11.4. The van der Waals surface area contributed by atoms with Gasteiger partial charge in [-0.1, -0.05) is 6.07 Å². The topological polar surface area (TPSA) is 71.1 Å². The highest BCUT2D eigenvalue weighted by atomic mass is 16.5. The fraction of sp³-hybridized carbons (Fsp3) is 0.385. The van der Waals surface area contributed by atoms with E-state index >= 15 is 0 Å². The molecule has 2 aromatic rings. The minimum absolute atomic E-state index is 0.263. The standard InChI is InChI=1S/C26H31N3O4/c1-17(2)29-25(30)23(18-8-13-21(32-3)22(16-18)33-4)24(26(29)31)27-19-9-11-20(12-10-19)28-14-6-5-7-15-28/h8-13,16-17,27H,5-7,14-15H2,1-4H3. The first-order valence-electron chi connectivity index (χ1n) is 11.4. The van der Waals surface area contributed by atoms with Gasteiger partial charge in [-0.05, 0) is 75.1 Å². The van der Waals surface area contributed by atoms with Crippen molar-refractivity contribution < 1.29 is 19.1 Å². The number of nitrogens with zero attached hydrogens (tertiary/aromatic N) is 2. The van der Waals surface area contributed by atoms with E-state index in [1.54, 1.807) is 32.4 Å². The number of ether oxygens (including phenoxy) is 2. The number of amides is 2. The lowest BCUT2D eigenvalue weighted by Gasteiger charge is -2.28. The average Bonchev–Trinajstić information content (AvgIpc) is 3.08. The largest absolute Gasteiger partial charge is 0.493 e. The summed E-state index contributed by atoms with van der Waals surface area (Å²) in [5, 5.41) is 3.23. The summed E-state index contributed by atoms with van der Waals surface area (Å²) in [5.74, 6) is 0.396. The van der Waals surface area contributed by atoms with E-state index in [4.69, 9.17) is 9.47 Å². The van der Waals surface area contributed by atoms with Crippen molar-refractivity contribution in [2.24, 2.45) is 0 Å². The lowest BCUT2D eigenvalue weighted by atomic mass is 10.0. The molecule has 33 heavy (non-hydrogen) atoms. The van der Waals surface area contributed by atoms with Gasteiger partial charge in [0, 0.05) is 30.5 Å². The maximum Gasteiger partial charge on any atom is 0.278 e. The molecule has 2 aliphatic heterocycles. The predicted octanol–water partition coefficient (Wildman–Crippen LogP) is 4.29. The van der Waals surface area contributed by atoms with Gasteiger partial charge in [-0.25, -0.2) is 0 Å². The smallest absolute Gasteiger partial charge is 0.278 e. The van der Waals surface area contributed by atoms with E-state index in [1.807, 2.05) is 26.0 Å². The molecule has 0 spiro atoms. The first-order chi connectivity index (χ1) is 15.9. The Balaban J connectivity index is 1.69. The van der Waals surface area contributed by atoms with Gasteiger partial charge in [0.15, 0.2) is 11.5 Å². The van der Waals surface area contributed by atoms with E-state index in [2.05, 4.69) is 22.3 Å². The Morgan fingerprint density at radius 1 is 0.848 bits per heavy atom. The molecule has 0 aliphatic carbocycles. The van der Waals surface area contributed by atoms with Gasteiger partial charge < -0.3 is 19.7 Å². The number of hydrogen-bond donors (Lipinski definition) is 1. The molecule has 1 saturated heterocycles. The molecule has 0 unspecified atom stereocenters. The Morgan fingerprint density at radius 3 is 2.12 bits per heavy atom. The number of rotatable bonds is 7. The second kappa shape index (κ2) is 9.57. The second-order valence-corrected chi connectivity index (χ2v) is 8.61. The van der Waals surface area contributed by atoms with Gasteiger partial charge in [-0.2, -0.15) is 0 Å². The van der Waals surface area contributed by atoms with Gasteiger partial charge in [0.2, 0.25) is 0 Å². The van der Waals surface area contributed by atoms with Crippen LogP contribution in [0.5, 0.6) is 11.5 Å². The quantitative estimate of drug-likeness (QED) is 0.636. The molecule has 174 valence electrons. The van der Waals surface area contributed by atoms with Crippen LogP contribution in [-0.4, -0.2) is 50.1 Å². The number of piperidine rings is 1. The Morgan fingerprint density at radius 2 is 1.52 bits per heavy atom. The van der Waals surface area contributed by atoms with Crippen LogP contribution in [0.15, 0.2) is 48.2 Å². The summed E-state index contributed by atoms with van der Waals surface area (Å²) < 4.78 is 10.7. The summed E-state index contributed by atoms with van der Waals surface area (Å²) in [6, 6.07) is 13.0. The minimum atomic E-state index is -0.333. The van der Waals surface area contributed by atoms with Crippen LogP contribution in [0.3, 0.4) is 0 Å². The molecule has 7 nitrogen and oxygen atoms in total. The normalized spacial score (nSPS) is 16.6. The van der Waals surface area contributed by atoms with Crippen molar-refractivity contribution in [1.29, 1.82) is 0 Å². The van der Waals surface area contributed by atoms with Crippen molar-refractivity contribution >= 4 is 28.8 Å². The molecule has 0 radical (unpaired) electrons. The maximum atomic E-state index is 13.3. The summed E-state index contributed by atoms with van der Waals surface area (Å²) in [5.41, 5.74) is 3.13. The lowest BCUT2D eigenvalue weighted by Crippen LogP contribution is -2.38. The van der Waals surface area contributed by atoms with Crippen LogP contribution in [0.4, 0.5) is 11.4 Å². The summed E-state index contributed by atoms with van der Waals surface area (Å²) in [7, 11) is 3.10. The van der Waals surface area contributed by atoms with Crippen LogP contribution >= 0.6 is 0 Å².